The Bertz CT molecular complexity index is 282. The van der Waals surface area contributed by atoms with E-state index in [0.29, 0.717) is 5.92 Å². The maximum absolute atomic E-state index is 11.9. The van der Waals surface area contributed by atoms with Crippen molar-refractivity contribution in [3.8, 4) is 0 Å². The van der Waals surface area contributed by atoms with Crippen LogP contribution < -0.4 is 0 Å². The zero-order valence-electron chi connectivity index (χ0n) is 11.0. The third kappa shape index (κ3) is 1.76. The number of ether oxygens (including phenoxy) is 1. The minimum absolute atomic E-state index is 0.0583. The van der Waals surface area contributed by atoms with E-state index in [2.05, 4.69) is 27.7 Å². The Kier molecular flexibility index (Phi) is 3.02. The predicted octanol–water partition coefficient (Wildman–Crippen LogP) is 3.40. The van der Waals surface area contributed by atoms with Crippen molar-refractivity contribution >= 4 is 5.97 Å². The molecule has 0 spiro atoms. The second-order valence-corrected chi connectivity index (χ2v) is 6.05. The molecule has 92 valence electrons. The van der Waals surface area contributed by atoms with Crippen LogP contribution in [0.5, 0.6) is 0 Å². The van der Waals surface area contributed by atoms with E-state index < -0.39 is 0 Å². The van der Waals surface area contributed by atoms with Crippen LogP contribution in [0.15, 0.2) is 0 Å². The molecule has 1 saturated heterocycles. The summed E-state index contributed by atoms with van der Waals surface area (Å²) in [5.74, 6) is 2.21. The topological polar surface area (TPSA) is 26.3 Å². The van der Waals surface area contributed by atoms with Crippen molar-refractivity contribution in [1.29, 1.82) is 0 Å². The molecule has 2 rings (SSSR count). The Morgan fingerprint density at radius 1 is 1.19 bits per heavy atom. The van der Waals surface area contributed by atoms with Crippen LogP contribution in [0, 0.1) is 23.7 Å². The number of rotatable bonds is 2. The standard InChI is InChI=1S/C14H24O2/c1-5-9-7-11-12(8-10(9)6-2)14(3,4)16-13(11)15/h9-12H,5-8H2,1-4H3. The monoisotopic (exact) mass is 224 g/mol. The van der Waals surface area contributed by atoms with E-state index in [9.17, 15) is 4.79 Å². The molecule has 0 amide bonds. The largest absolute Gasteiger partial charge is 0.459 e. The van der Waals surface area contributed by atoms with Gasteiger partial charge in [0.05, 0.1) is 5.92 Å². The molecular weight excluding hydrogens is 200 g/mol. The molecule has 2 nitrogen and oxygen atoms in total. The van der Waals surface area contributed by atoms with Gasteiger partial charge in [-0.2, -0.15) is 0 Å². The van der Waals surface area contributed by atoms with Gasteiger partial charge in [0.25, 0.3) is 0 Å². The second kappa shape index (κ2) is 4.05. The number of fused-ring (bicyclic) bond motifs is 1. The number of cyclic esters (lactones) is 1. The third-order valence-corrected chi connectivity index (χ3v) is 4.87. The van der Waals surface area contributed by atoms with E-state index in [1.165, 1.54) is 19.3 Å². The summed E-state index contributed by atoms with van der Waals surface area (Å²) in [6.45, 7) is 8.68. The van der Waals surface area contributed by atoms with E-state index in [0.717, 1.165) is 18.3 Å². The van der Waals surface area contributed by atoms with E-state index in [-0.39, 0.29) is 17.5 Å². The lowest BCUT2D eigenvalue weighted by Crippen LogP contribution is -2.38. The molecule has 0 N–H and O–H groups in total. The highest BCUT2D eigenvalue weighted by Gasteiger charge is 2.53. The minimum Gasteiger partial charge on any atom is -0.459 e. The Morgan fingerprint density at radius 2 is 1.75 bits per heavy atom. The van der Waals surface area contributed by atoms with Crippen molar-refractivity contribution in [3.05, 3.63) is 0 Å². The van der Waals surface area contributed by atoms with Crippen molar-refractivity contribution < 1.29 is 9.53 Å². The summed E-state index contributed by atoms with van der Waals surface area (Å²) in [5, 5.41) is 0. The molecule has 16 heavy (non-hydrogen) atoms. The highest BCUT2D eigenvalue weighted by atomic mass is 16.6. The molecule has 0 aromatic rings. The zero-order valence-corrected chi connectivity index (χ0v) is 11.0. The summed E-state index contributed by atoms with van der Waals surface area (Å²) < 4.78 is 5.54. The maximum Gasteiger partial charge on any atom is 0.309 e. The first-order valence-corrected chi connectivity index (χ1v) is 6.72. The Balaban J connectivity index is 2.19. The molecule has 4 unspecified atom stereocenters. The summed E-state index contributed by atoms with van der Waals surface area (Å²) in [4.78, 5) is 11.9. The number of esters is 1. The van der Waals surface area contributed by atoms with E-state index in [1.54, 1.807) is 0 Å². The normalized spacial score (nSPS) is 41.6. The average Bonchev–Trinajstić information content (AvgIpc) is 2.47. The van der Waals surface area contributed by atoms with Crippen molar-refractivity contribution in [2.45, 2.75) is 59.0 Å². The number of hydrogen-bond donors (Lipinski definition) is 0. The van der Waals surface area contributed by atoms with Gasteiger partial charge >= 0.3 is 5.97 Å². The Labute approximate surface area is 98.7 Å². The van der Waals surface area contributed by atoms with Crippen LogP contribution in [0.1, 0.15) is 53.4 Å². The highest BCUT2D eigenvalue weighted by molar-refractivity contribution is 5.76. The van der Waals surface area contributed by atoms with Crippen LogP contribution in [0.3, 0.4) is 0 Å². The molecule has 0 aromatic heterocycles. The summed E-state index contributed by atoms with van der Waals surface area (Å²) in [6, 6.07) is 0. The lowest BCUT2D eigenvalue weighted by atomic mass is 9.64. The van der Waals surface area contributed by atoms with Crippen LogP contribution in [0.25, 0.3) is 0 Å². The zero-order chi connectivity index (χ0) is 11.9. The van der Waals surface area contributed by atoms with Gasteiger partial charge in [-0.15, -0.1) is 0 Å². The Morgan fingerprint density at radius 3 is 2.31 bits per heavy atom. The number of hydrogen-bond acceptors (Lipinski definition) is 2. The summed E-state index contributed by atoms with van der Waals surface area (Å²) >= 11 is 0. The molecule has 1 aliphatic carbocycles. The van der Waals surface area contributed by atoms with Gasteiger partial charge in [0.1, 0.15) is 5.60 Å². The van der Waals surface area contributed by atoms with Gasteiger partial charge in [0.15, 0.2) is 0 Å². The van der Waals surface area contributed by atoms with Crippen LogP contribution in [0.2, 0.25) is 0 Å². The second-order valence-electron chi connectivity index (χ2n) is 6.05. The molecule has 4 atom stereocenters. The maximum atomic E-state index is 11.9. The third-order valence-electron chi connectivity index (χ3n) is 4.87. The lowest BCUT2D eigenvalue weighted by molar-refractivity contribution is -0.148. The molecule has 0 radical (unpaired) electrons. The highest BCUT2D eigenvalue weighted by Crippen LogP contribution is 2.50. The van der Waals surface area contributed by atoms with Gasteiger partial charge in [-0.25, -0.2) is 0 Å². The lowest BCUT2D eigenvalue weighted by Gasteiger charge is -2.39. The number of carbonyl (C=O) groups excluding carboxylic acids is 1. The van der Waals surface area contributed by atoms with E-state index in [4.69, 9.17) is 4.74 Å². The summed E-state index contributed by atoms with van der Waals surface area (Å²) in [7, 11) is 0. The first-order chi connectivity index (χ1) is 7.49. The van der Waals surface area contributed by atoms with Crippen molar-refractivity contribution in [2.24, 2.45) is 23.7 Å². The van der Waals surface area contributed by atoms with E-state index >= 15 is 0 Å². The SMILES string of the molecule is CCC1CC2C(=O)OC(C)(C)C2CC1CC. The van der Waals surface area contributed by atoms with Crippen molar-refractivity contribution in [1.82, 2.24) is 0 Å². The van der Waals surface area contributed by atoms with Gasteiger partial charge in [-0.3, -0.25) is 4.79 Å². The fourth-order valence-electron chi connectivity index (χ4n) is 3.81. The first kappa shape index (κ1) is 11.9. The Hall–Kier alpha value is -0.530. The summed E-state index contributed by atoms with van der Waals surface area (Å²) in [5.41, 5.74) is -0.228. The van der Waals surface area contributed by atoms with Gasteiger partial charge < -0.3 is 4.74 Å². The predicted molar refractivity (Wildman–Crippen MR) is 63.9 cm³/mol. The molecule has 1 aliphatic heterocycles. The molecule has 1 heterocycles. The smallest absolute Gasteiger partial charge is 0.309 e. The quantitative estimate of drug-likeness (QED) is 0.672. The van der Waals surface area contributed by atoms with Crippen molar-refractivity contribution in [2.75, 3.05) is 0 Å². The fourth-order valence-corrected chi connectivity index (χ4v) is 3.81. The van der Waals surface area contributed by atoms with Crippen LogP contribution in [-0.2, 0) is 9.53 Å². The molecule has 0 aromatic carbocycles. The van der Waals surface area contributed by atoms with Gasteiger partial charge in [-0.1, -0.05) is 26.7 Å². The number of carbonyl (C=O) groups is 1. The van der Waals surface area contributed by atoms with Crippen LogP contribution in [-0.4, -0.2) is 11.6 Å². The molecule has 2 aliphatic rings. The van der Waals surface area contributed by atoms with Gasteiger partial charge in [-0.05, 0) is 38.5 Å². The van der Waals surface area contributed by atoms with Crippen LogP contribution in [0.4, 0.5) is 0 Å². The molecular formula is C14H24O2. The average molecular weight is 224 g/mol. The fraction of sp³-hybridized carbons (Fsp3) is 0.929. The molecule has 1 saturated carbocycles. The van der Waals surface area contributed by atoms with E-state index in [1.807, 2.05) is 0 Å². The van der Waals surface area contributed by atoms with Crippen LogP contribution >= 0.6 is 0 Å². The minimum atomic E-state index is -0.228. The van der Waals surface area contributed by atoms with Gasteiger partial charge in [0, 0.05) is 5.92 Å². The molecule has 0 bridgehead atoms. The summed E-state index contributed by atoms with van der Waals surface area (Å²) in [6.07, 6.45) is 4.68. The van der Waals surface area contributed by atoms with Gasteiger partial charge in [0.2, 0.25) is 0 Å². The molecule has 2 heteroatoms. The van der Waals surface area contributed by atoms with Crippen molar-refractivity contribution in [3.63, 3.8) is 0 Å². The first-order valence-electron chi connectivity index (χ1n) is 6.72. The molecule has 2 fully saturated rings.